The highest BCUT2D eigenvalue weighted by atomic mass is 35.5. The van der Waals surface area contributed by atoms with Crippen LogP contribution in [0.1, 0.15) is 0 Å². The van der Waals surface area contributed by atoms with Crippen molar-refractivity contribution in [3.63, 3.8) is 0 Å². The molecule has 0 saturated heterocycles. The zero-order chi connectivity index (χ0) is 14.8. The lowest BCUT2D eigenvalue weighted by atomic mass is 10.3. The first-order chi connectivity index (χ1) is 10.1. The molecule has 106 valence electrons. The molecule has 3 rings (SSSR count). The largest absolute Gasteiger partial charge is 0.332 e. The Labute approximate surface area is 134 Å². The van der Waals surface area contributed by atoms with E-state index >= 15 is 0 Å². The van der Waals surface area contributed by atoms with E-state index < -0.39 is 0 Å². The van der Waals surface area contributed by atoms with Gasteiger partial charge in [0.25, 0.3) is 0 Å². The Morgan fingerprint density at radius 2 is 1.90 bits per heavy atom. The number of halogens is 2. The van der Waals surface area contributed by atoms with Crippen LogP contribution in [0.15, 0.2) is 53.3 Å². The average molecular weight is 338 g/mol. The summed E-state index contributed by atoms with van der Waals surface area (Å²) < 4.78 is 5.60. The molecular formula is C14H9Cl2N3OS. The maximum absolute atomic E-state index is 12.0. The second-order valence-corrected chi connectivity index (χ2v) is 5.75. The molecule has 0 amide bonds. The highest BCUT2D eigenvalue weighted by molar-refractivity contribution is 7.03. The van der Waals surface area contributed by atoms with Gasteiger partial charge in [0.05, 0.1) is 16.4 Å². The van der Waals surface area contributed by atoms with Crippen molar-refractivity contribution >= 4 is 46.4 Å². The van der Waals surface area contributed by atoms with Crippen molar-refractivity contribution in [1.82, 2.24) is 8.94 Å². The fraction of sp³-hybridized carbons (Fsp3) is 0. The summed E-state index contributed by atoms with van der Waals surface area (Å²) in [7, 11) is 0. The summed E-state index contributed by atoms with van der Waals surface area (Å²) in [4.78, 5) is 11.8. The van der Waals surface area contributed by atoms with Crippen LogP contribution < -0.4 is 10.2 Å². The first-order valence-electron chi connectivity index (χ1n) is 6.01. The van der Waals surface area contributed by atoms with E-state index in [0.29, 0.717) is 27.4 Å². The third kappa shape index (κ3) is 2.95. The topological polar surface area (TPSA) is 46.9 Å². The molecule has 21 heavy (non-hydrogen) atoms. The molecule has 0 spiro atoms. The molecule has 0 bridgehead atoms. The van der Waals surface area contributed by atoms with Crippen LogP contribution in [0, 0.1) is 0 Å². The summed E-state index contributed by atoms with van der Waals surface area (Å²) >= 11 is 13.0. The second kappa shape index (κ2) is 5.89. The van der Waals surface area contributed by atoms with Gasteiger partial charge >= 0.3 is 4.87 Å². The number of aromatic nitrogens is 2. The first-order valence-corrected chi connectivity index (χ1v) is 7.54. The van der Waals surface area contributed by atoms with Gasteiger partial charge in [-0.25, -0.2) is 4.57 Å². The zero-order valence-corrected chi connectivity index (χ0v) is 12.9. The Bertz CT molecular complexity index is 844. The lowest BCUT2D eigenvalue weighted by molar-refractivity contribution is 1.03. The van der Waals surface area contributed by atoms with Crippen LogP contribution in [0.4, 0.5) is 11.6 Å². The van der Waals surface area contributed by atoms with Crippen molar-refractivity contribution in [2.45, 2.75) is 0 Å². The molecule has 4 nitrogen and oxygen atoms in total. The van der Waals surface area contributed by atoms with E-state index in [1.807, 2.05) is 18.2 Å². The summed E-state index contributed by atoms with van der Waals surface area (Å²) in [5.74, 6) is 0.403. The minimum Gasteiger partial charge on any atom is -0.323 e. The Morgan fingerprint density at radius 3 is 2.67 bits per heavy atom. The number of hydrogen-bond donors (Lipinski definition) is 1. The Balaban J connectivity index is 2.06. The van der Waals surface area contributed by atoms with Crippen molar-refractivity contribution < 1.29 is 0 Å². The number of hydrogen-bond acceptors (Lipinski definition) is 4. The van der Waals surface area contributed by atoms with Crippen molar-refractivity contribution in [3.05, 3.63) is 68.2 Å². The Kier molecular flexibility index (Phi) is 3.96. The minimum atomic E-state index is -0.202. The number of rotatable bonds is 3. The third-order valence-corrected chi connectivity index (χ3v) is 3.96. The molecule has 0 saturated carbocycles. The van der Waals surface area contributed by atoms with Gasteiger partial charge in [-0.05, 0) is 30.3 Å². The van der Waals surface area contributed by atoms with Gasteiger partial charge in [-0.3, -0.25) is 4.79 Å². The van der Waals surface area contributed by atoms with Gasteiger partial charge in [-0.1, -0.05) is 41.4 Å². The van der Waals surface area contributed by atoms with E-state index in [9.17, 15) is 4.79 Å². The summed E-state index contributed by atoms with van der Waals surface area (Å²) in [5, 5.41) is 4.17. The molecule has 0 aliphatic rings. The number of para-hydroxylation sites is 1. The molecule has 1 N–H and O–H groups in total. The summed E-state index contributed by atoms with van der Waals surface area (Å²) in [6.07, 6.45) is 0. The summed E-state index contributed by atoms with van der Waals surface area (Å²) in [6, 6.07) is 14.3. The molecule has 0 fully saturated rings. The van der Waals surface area contributed by atoms with Crippen LogP contribution in [0.5, 0.6) is 0 Å². The van der Waals surface area contributed by atoms with Gasteiger partial charge in [-0.15, -0.1) is 0 Å². The molecule has 0 radical (unpaired) electrons. The lowest BCUT2D eigenvalue weighted by Crippen LogP contribution is -2.13. The van der Waals surface area contributed by atoms with Gasteiger partial charge in [0.2, 0.25) is 5.95 Å². The zero-order valence-electron chi connectivity index (χ0n) is 10.6. The fourth-order valence-corrected chi connectivity index (χ4v) is 2.79. The van der Waals surface area contributed by atoms with E-state index in [0.717, 1.165) is 11.5 Å². The van der Waals surface area contributed by atoms with E-state index in [-0.39, 0.29) is 4.87 Å². The monoisotopic (exact) mass is 337 g/mol. The van der Waals surface area contributed by atoms with E-state index in [2.05, 4.69) is 9.69 Å². The molecule has 0 unspecified atom stereocenters. The van der Waals surface area contributed by atoms with Crippen LogP contribution in [-0.4, -0.2) is 8.94 Å². The number of benzene rings is 2. The van der Waals surface area contributed by atoms with Crippen LogP contribution >= 0.6 is 34.7 Å². The summed E-state index contributed by atoms with van der Waals surface area (Å²) in [5.41, 5.74) is 1.33. The van der Waals surface area contributed by atoms with Crippen molar-refractivity contribution in [2.24, 2.45) is 0 Å². The number of nitrogens with one attached hydrogen (secondary N) is 1. The quantitative estimate of drug-likeness (QED) is 0.773. The van der Waals surface area contributed by atoms with Gasteiger partial charge < -0.3 is 5.32 Å². The summed E-state index contributed by atoms with van der Waals surface area (Å²) in [6.45, 7) is 0. The molecule has 7 heteroatoms. The molecular weight excluding hydrogens is 329 g/mol. The molecule has 0 aliphatic carbocycles. The van der Waals surface area contributed by atoms with Crippen molar-refractivity contribution in [1.29, 1.82) is 0 Å². The lowest BCUT2D eigenvalue weighted by Gasteiger charge is -2.09. The molecule has 1 heterocycles. The molecule has 3 aromatic rings. The fourth-order valence-electron chi connectivity index (χ4n) is 1.86. The molecule has 0 atom stereocenters. The minimum absolute atomic E-state index is 0.202. The van der Waals surface area contributed by atoms with Crippen LogP contribution in [0.25, 0.3) is 5.69 Å². The van der Waals surface area contributed by atoms with E-state index in [1.54, 1.807) is 30.3 Å². The van der Waals surface area contributed by atoms with Gasteiger partial charge in [0.1, 0.15) is 0 Å². The van der Waals surface area contributed by atoms with Gasteiger partial charge in [-0.2, -0.15) is 4.37 Å². The van der Waals surface area contributed by atoms with Crippen LogP contribution in [0.2, 0.25) is 10.0 Å². The molecule has 0 aliphatic heterocycles. The number of nitrogens with zero attached hydrogens (tertiary/aromatic N) is 2. The average Bonchev–Trinajstić information content (AvgIpc) is 2.82. The normalized spacial score (nSPS) is 10.6. The third-order valence-electron chi connectivity index (χ3n) is 2.79. The van der Waals surface area contributed by atoms with Crippen LogP contribution in [0.3, 0.4) is 0 Å². The van der Waals surface area contributed by atoms with E-state index in [4.69, 9.17) is 23.2 Å². The van der Waals surface area contributed by atoms with Gasteiger partial charge in [0.15, 0.2) is 0 Å². The van der Waals surface area contributed by atoms with Crippen LogP contribution in [-0.2, 0) is 0 Å². The highest BCUT2D eigenvalue weighted by Gasteiger charge is 2.12. The van der Waals surface area contributed by atoms with Crippen molar-refractivity contribution in [3.8, 4) is 5.69 Å². The predicted octanol–water partition coefficient (Wildman–Crippen LogP) is 4.34. The first kappa shape index (κ1) is 14.1. The van der Waals surface area contributed by atoms with E-state index in [1.165, 1.54) is 4.57 Å². The van der Waals surface area contributed by atoms with Gasteiger partial charge in [0, 0.05) is 16.6 Å². The second-order valence-electron chi connectivity index (χ2n) is 4.19. The molecule has 1 aromatic heterocycles. The standard InChI is InChI=1S/C14H9Cl2N3OS/c15-9-4-3-5-10(8-9)19-13(18-21-14(19)20)17-12-7-2-1-6-11(12)16/h1-8H,(H,17,18). The molecule has 2 aromatic carbocycles. The Morgan fingerprint density at radius 1 is 1.10 bits per heavy atom. The number of anilines is 2. The predicted molar refractivity (Wildman–Crippen MR) is 87.5 cm³/mol. The maximum Gasteiger partial charge on any atom is 0.332 e. The van der Waals surface area contributed by atoms with Crippen molar-refractivity contribution in [2.75, 3.05) is 5.32 Å². The highest BCUT2D eigenvalue weighted by Crippen LogP contribution is 2.25. The Hall–Kier alpha value is -1.82. The SMILES string of the molecule is O=c1snc(Nc2ccccc2Cl)n1-c1cccc(Cl)c1. The smallest absolute Gasteiger partial charge is 0.323 e. The maximum atomic E-state index is 12.0.